The number of rotatable bonds is 5. The third kappa shape index (κ3) is 4.71. The molecule has 0 spiro atoms. The fourth-order valence-electron chi connectivity index (χ4n) is 3.66. The lowest BCUT2D eigenvalue weighted by Gasteiger charge is -2.16. The van der Waals surface area contributed by atoms with E-state index >= 15 is 0 Å². The maximum absolute atomic E-state index is 12.9. The summed E-state index contributed by atoms with van der Waals surface area (Å²) in [5.41, 5.74) is 5.13. The molecule has 1 heterocycles. The van der Waals surface area contributed by atoms with Crippen LogP contribution >= 0.6 is 11.6 Å². The van der Waals surface area contributed by atoms with Gasteiger partial charge in [-0.2, -0.15) is 5.10 Å². The predicted octanol–water partition coefficient (Wildman–Crippen LogP) is 6.01. The summed E-state index contributed by atoms with van der Waals surface area (Å²) in [7, 11) is 0. The Kier molecular flexibility index (Phi) is 6.15. The standard InChI is InChI=1S/C25H24ClN3O/c1-2-18-8-14-23(15-9-18)27-25(30)29-17-21(16-19-6-4-3-5-7-19)24(28-29)20-10-12-22(26)13-11-20/h3-15,21H,2,16-17H2,1H3,(H,27,30). The maximum Gasteiger partial charge on any atom is 0.342 e. The van der Waals surface area contributed by atoms with Gasteiger partial charge < -0.3 is 5.32 Å². The molecule has 1 aliphatic heterocycles. The van der Waals surface area contributed by atoms with Crippen LogP contribution in [0.15, 0.2) is 84.0 Å². The molecule has 4 rings (SSSR count). The van der Waals surface area contributed by atoms with Crippen molar-refractivity contribution in [1.82, 2.24) is 5.01 Å². The fourth-order valence-corrected chi connectivity index (χ4v) is 3.79. The van der Waals surface area contributed by atoms with Gasteiger partial charge in [-0.3, -0.25) is 0 Å². The molecule has 0 fully saturated rings. The van der Waals surface area contributed by atoms with E-state index in [9.17, 15) is 4.79 Å². The lowest BCUT2D eigenvalue weighted by Crippen LogP contribution is -2.31. The lowest BCUT2D eigenvalue weighted by molar-refractivity contribution is 0.215. The molecule has 0 saturated heterocycles. The fraction of sp³-hybridized carbons (Fsp3) is 0.200. The molecule has 0 aliphatic carbocycles. The summed E-state index contributed by atoms with van der Waals surface area (Å²) in [4.78, 5) is 12.9. The second-order valence-corrected chi connectivity index (χ2v) is 7.88. The Morgan fingerprint density at radius 1 is 1.00 bits per heavy atom. The second-order valence-electron chi connectivity index (χ2n) is 7.44. The van der Waals surface area contributed by atoms with E-state index in [0.717, 1.165) is 29.8 Å². The minimum atomic E-state index is -0.221. The van der Waals surface area contributed by atoms with Crippen LogP contribution in [0.5, 0.6) is 0 Å². The molecular formula is C25H24ClN3O. The van der Waals surface area contributed by atoms with Crippen LogP contribution in [0.4, 0.5) is 10.5 Å². The van der Waals surface area contributed by atoms with Crippen LogP contribution < -0.4 is 5.32 Å². The van der Waals surface area contributed by atoms with Crippen molar-refractivity contribution < 1.29 is 4.79 Å². The van der Waals surface area contributed by atoms with Crippen LogP contribution in [0.1, 0.15) is 23.6 Å². The molecule has 1 unspecified atom stereocenters. The van der Waals surface area contributed by atoms with Gasteiger partial charge in [-0.15, -0.1) is 0 Å². The molecule has 1 N–H and O–H groups in total. The highest BCUT2D eigenvalue weighted by molar-refractivity contribution is 6.30. The number of nitrogens with one attached hydrogen (secondary N) is 1. The zero-order chi connectivity index (χ0) is 20.9. The Morgan fingerprint density at radius 2 is 1.70 bits per heavy atom. The number of hydrazone groups is 1. The molecule has 1 atom stereocenters. The van der Waals surface area contributed by atoms with Gasteiger partial charge in [0.15, 0.2) is 0 Å². The summed E-state index contributed by atoms with van der Waals surface area (Å²) in [5, 5.41) is 9.87. The zero-order valence-corrected chi connectivity index (χ0v) is 17.6. The molecule has 30 heavy (non-hydrogen) atoms. The van der Waals surface area contributed by atoms with E-state index in [2.05, 4.69) is 24.4 Å². The second kappa shape index (κ2) is 9.14. The van der Waals surface area contributed by atoms with Crippen LogP contribution in [-0.2, 0) is 12.8 Å². The number of hydrogen-bond donors (Lipinski definition) is 1. The lowest BCUT2D eigenvalue weighted by atomic mass is 9.91. The summed E-state index contributed by atoms with van der Waals surface area (Å²) in [6.45, 7) is 2.64. The Bertz CT molecular complexity index is 1030. The van der Waals surface area contributed by atoms with Crippen LogP contribution in [-0.4, -0.2) is 23.3 Å². The molecule has 0 radical (unpaired) electrons. The number of hydrogen-bond acceptors (Lipinski definition) is 2. The van der Waals surface area contributed by atoms with Crippen molar-refractivity contribution >= 4 is 29.0 Å². The number of amides is 2. The molecule has 4 nitrogen and oxygen atoms in total. The molecule has 0 aromatic heterocycles. The molecule has 0 saturated carbocycles. The number of aryl methyl sites for hydroxylation is 1. The summed E-state index contributed by atoms with van der Waals surface area (Å²) < 4.78 is 0. The van der Waals surface area contributed by atoms with E-state index in [4.69, 9.17) is 16.7 Å². The Labute approximate surface area is 182 Å². The quantitative estimate of drug-likeness (QED) is 0.542. The predicted molar refractivity (Wildman–Crippen MR) is 123 cm³/mol. The maximum atomic E-state index is 12.9. The first-order valence-corrected chi connectivity index (χ1v) is 10.6. The molecular weight excluding hydrogens is 394 g/mol. The Hall–Kier alpha value is -3.11. The van der Waals surface area contributed by atoms with E-state index in [1.54, 1.807) is 0 Å². The minimum absolute atomic E-state index is 0.113. The van der Waals surface area contributed by atoms with Gasteiger partial charge in [0.1, 0.15) is 0 Å². The van der Waals surface area contributed by atoms with E-state index in [1.807, 2.05) is 66.7 Å². The van der Waals surface area contributed by atoms with E-state index in [0.29, 0.717) is 11.6 Å². The minimum Gasteiger partial charge on any atom is -0.306 e. The first kappa shape index (κ1) is 20.2. The molecule has 1 aliphatic rings. The number of halogens is 1. The van der Waals surface area contributed by atoms with Crippen molar-refractivity contribution in [3.63, 3.8) is 0 Å². The van der Waals surface area contributed by atoms with Gasteiger partial charge >= 0.3 is 6.03 Å². The third-order valence-electron chi connectivity index (χ3n) is 5.32. The summed E-state index contributed by atoms with van der Waals surface area (Å²) >= 11 is 6.06. The number of carbonyl (C=O) groups excluding carboxylic acids is 1. The number of anilines is 1. The van der Waals surface area contributed by atoms with Crippen molar-refractivity contribution in [3.8, 4) is 0 Å². The summed E-state index contributed by atoms with van der Waals surface area (Å²) in [5.74, 6) is 0.113. The van der Waals surface area contributed by atoms with Gasteiger partial charge in [-0.25, -0.2) is 9.80 Å². The van der Waals surface area contributed by atoms with Crippen molar-refractivity contribution in [2.75, 3.05) is 11.9 Å². The van der Waals surface area contributed by atoms with Gasteiger partial charge in [0.2, 0.25) is 0 Å². The van der Waals surface area contributed by atoms with Crippen LogP contribution in [0.2, 0.25) is 5.02 Å². The van der Waals surface area contributed by atoms with Crippen molar-refractivity contribution in [3.05, 3.63) is 101 Å². The van der Waals surface area contributed by atoms with Gasteiger partial charge in [-0.05, 0) is 53.8 Å². The first-order chi connectivity index (χ1) is 14.6. The number of carbonyl (C=O) groups is 1. The molecule has 3 aromatic carbocycles. The van der Waals surface area contributed by atoms with E-state index in [1.165, 1.54) is 16.1 Å². The van der Waals surface area contributed by atoms with Crippen molar-refractivity contribution in [2.24, 2.45) is 11.0 Å². The highest BCUT2D eigenvalue weighted by Gasteiger charge is 2.31. The molecule has 152 valence electrons. The number of benzene rings is 3. The number of nitrogens with zero attached hydrogens (tertiary/aromatic N) is 2. The molecule has 3 aromatic rings. The van der Waals surface area contributed by atoms with Crippen molar-refractivity contribution in [1.29, 1.82) is 0 Å². The summed E-state index contributed by atoms with van der Waals surface area (Å²) in [6, 6.07) is 25.6. The number of urea groups is 1. The largest absolute Gasteiger partial charge is 0.342 e. The highest BCUT2D eigenvalue weighted by atomic mass is 35.5. The van der Waals surface area contributed by atoms with Gasteiger partial charge in [0, 0.05) is 16.6 Å². The van der Waals surface area contributed by atoms with Gasteiger partial charge in [0.25, 0.3) is 0 Å². The van der Waals surface area contributed by atoms with Gasteiger partial charge in [-0.1, -0.05) is 73.1 Å². The average Bonchev–Trinajstić information content (AvgIpc) is 3.19. The monoisotopic (exact) mass is 417 g/mol. The normalized spacial score (nSPS) is 15.7. The van der Waals surface area contributed by atoms with Crippen LogP contribution in [0, 0.1) is 5.92 Å². The smallest absolute Gasteiger partial charge is 0.306 e. The van der Waals surface area contributed by atoms with Crippen molar-refractivity contribution in [2.45, 2.75) is 19.8 Å². The topological polar surface area (TPSA) is 44.7 Å². The van der Waals surface area contributed by atoms with Crippen LogP contribution in [0.25, 0.3) is 0 Å². The Morgan fingerprint density at radius 3 is 2.37 bits per heavy atom. The van der Waals surface area contributed by atoms with Crippen LogP contribution in [0.3, 0.4) is 0 Å². The zero-order valence-electron chi connectivity index (χ0n) is 16.9. The molecule has 5 heteroatoms. The summed E-state index contributed by atoms with van der Waals surface area (Å²) in [6.07, 6.45) is 1.79. The molecule has 2 amide bonds. The SMILES string of the molecule is CCc1ccc(NC(=O)N2CC(Cc3ccccc3)C(c3ccc(Cl)cc3)=N2)cc1. The highest BCUT2D eigenvalue weighted by Crippen LogP contribution is 2.25. The molecule has 0 bridgehead atoms. The van der Waals surface area contributed by atoms with E-state index < -0.39 is 0 Å². The first-order valence-electron chi connectivity index (χ1n) is 10.2. The van der Waals surface area contributed by atoms with E-state index in [-0.39, 0.29) is 11.9 Å². The third-order valence-corrected chi connectivity index (χ3v) is 5.57. The Balaban J connectivity index is 1.55. The van der Waals surface area contributed by atoms with Gasteiger partial charge in [0.05, 0.1) is 12.3 Å². The average molecular weight is 418 g/mol.